The van der Waals surface area contributed by atoms with E-state index < -0.39 is 5.97 Å². The molecular weight excluding hydrogens is 372 g/mol. The second-order valence-corrected chi connectivity index (χ2v) is 5.84. The summed E-state index contributed by atoms with van der Waals surface area (Å²) < 4.78 is 10.2. The Bertz CT molecular complexity index is 1010. The lowest BCUT2D eigenvalue weighted by Gasteiger charge is -2.11. The van der Waals surface area contributed by atoms with E-state index in [1.165, 1.54) is 12.3 Å². The van der Waals surface area contributed by atoms with Crippen LogP contribution in [0.5, 0.6) is 5.75 Å². The van der Waals surface area contributed by atoms with E-state index >= 15 is 0 Å². The molecule has 3 rings (SSSR count). The molecule has 0 fully saturated rings. The quantitative estimate of drug-likeness (QED) is 0.592. The molecule has 0 unspecified atom stereocenters. The molecule has 0 atom stereocenters. The van der Waals surface area contributed by atoms with Crippen molar-refractivity contribution in [2.75, 3.05) is 24.4 Å². The van der Waals surface area contributed by atoms with E-state index in [1.807, 2.05) is 0 Å². The van der Waals surface area contributed by atoms with E-state index in [9.17, 15) is 9.59 Å². The molecule has 1 aromatic heterocycles. The average molecular weight is 392 g/mol. The van der Waals surface area contributed by atoms with E-state index in [4.69, 9.17) is 9.47 Å². The second-order valence-electron chi connectivity index (χ2n) is 5.84. The minimum absolute atomic E-state index is 0.173. The number of amides is 1. The van der Waals surface area contributed by atoms with E-state index in [1.54, 1.807) is 62.6 Å². The number of benzene rings is 2. The highest BCUT2D eigenvalue weighted by Crippen LogP contribution is 2.20. The van der Waals surface area contributed by atoms with Crippen LogP contribution in [-0.2, 0) is 4.74 Å². The molecule has 0 aliphatic rings. The van der Waals surface area contributed by atoms with Gasteiger partial charge in [-0.3, -0.25) is 4.79 Å². The third kappa shape index (κ3) is 5.07. The monoisotopic (exact) mass is 392 g/mol. The Morgan fingerprint density at radius 2 is 1.79 bits per heavy atom. The van der Waals surface area contributed by atoms with Gasteiger partial charge in [-0.1, -0.05) is 12.1 Å². The first-order valence-corrected chi connectivity index (χ1v) is 8.92. The SMILES string of the molecule is CCOC(=O)c1ccccc1Nc1nccc(C(=O)Nc2ccc(OC)cc2)n1. The van der Waals surface area contributed by atoms with Crippen LogP contribution in [0.1, 0.15) is 27.8 Å². The first-order chi connectivity index (χ1) is 14.1. The smallest absolute Gasteiger partial charge is 0.340 e. The molecule has 29 heavy (non-hydrogen) atoms. The van der Waals surface area contributed by atoms with Crippen molar-refractivity contribution in [1.29, 1.82) is 0 Å². The average Bonchev–Trinajstić information content (AvgIpc) is 2.75. The molecular formula is C21H20N4O4. The highest BCUT2D eigenvalue weighted by Gasteiger charge is 2.14. The second kappa shape index (κ2) is 9.32. The first kappa shape index (κ1) is 19.8. The molecule has 1 amide bonds. The molecule has 0 bridgehead atoms. The van der Waals surface area contributed by atoms with Gasteiger partial charge in [-0.05, 0) is 49.4 Å². The summed E-state index contributed by atoms with van der Waals surface area (Å²) in [6.07, 6.45) is 1.46. The largest absolute Gasteiger partial charge is 0.497 e. The summed E-state index contributed by atoms with van der Waals surface area (Å²) in [5.74, 6) is 0.0317. The van der Waals surface area contributed by atoms with Crippen LogP contribution < -0.4 is 15.4 Å². The number of aromatic nitrogens is 2. The Kier molecular flexibility index (Phi) is 6.36. The third-order valence-electron chi connectivity index (χ3n) is 3.90. The predicted octanol–water partition coefficient (Wildman–Crippen LogP) is 3.66. The van der Waals surface area contributed by atoms with Gasteiger partial charge in [-0.2, -0.15) is 0 Å². The maximum absolute atomic E-state index is 12.5. The molecule has 0 saturated carbocycles. The van der Waals surface area contributed by atoms with Crippen LogP contribution in [0.15, 0.2) is 60.8 Å². The number of para-hydroxylation sites is 1. The van der Waals surface area contributed by atoms with Crippen LogP contribution in [0, 0.1) is 0 Å². The molecule has 0 saturated heterocycles. The number of ether oxygens (including phenoxy) is 2. The van der Waals surface area contributed by atoms with Crippen LogP contribution in [0.2, 0.25) is 0 Å². The summed E-state index contributed by atoms with van der Waals surface area (Å²) in [6.45, 7) is 2.01. The topological polar surface area (TPSA) is 102 Å². The maximum atomic E-state index is 12.5. The number of carbonyl (C=O) groups excluding carboxylic acids is 2. The minimum Gasteiger partial charge on any atom is -0.497 e. The van der Waals surface area contributed by atoms with Gasteiger partial charge >= 0.3 is 5.97 Å². The van der Waals surface area contributed by atoms with Crippen molar-refractivity contribution in [2.24, 2.45) is 0 Å². The fourth-order valence-corrected chi connectivity index (χ4v) is 2.51. The molecule has 0 radical (unpaired) electrons. The zero-order valence-corrected chi connectivity index (χ0v) is 16.0. The lowest BCUT2D eigenvalue weighted by Crippen LogP contribution is -2.15. The van der Waals surface area contributed by atoms with Crippen molar-refractivity contribution >= 4 is 29.2 Å². The number of hydrogen-bond acceptors (Lipinski definition) is 7. The van der Waals surface area contributed by atoms with Crippen LogP contribution in [0.4, 0.5) is 17.3 Å². The standard InChI is InChI=1S/C21H20N4O4/c1-3-29-20(27)16-6-4-5-7-17(16)24-21-22-13-12-18(25-21)19(26)23-14-8-10-15(28-2)11-9-14/h4-13H,3H2,1-2H3,(H,23,26)(H,22,24,25). The van der Waals surface area contributed by atoms with Crippen LogP contribution in [-0.4, -0.2) is 35.6 Å². The van der Waals surface area contributed by atoms with Gasteiger partial charge in [0.05, 0.1) is 25.0 Å². The van der Waals surface area contributed by atoms with Crippen LogP contribution >= 0.6 is 0 Å². The Hall–Kier alpha value is -3.94. The summed E-state index contributed by atoms with van der Waals surface area (Å²) in [7, 11) is 1.57. The zero-order valence-electron chi connectivity index (χ0n) is 16.0. The lowest BCUT2D eigenvalue weighted by molar-refractivity contribution is 0.0527. The summed E-state index contributed by atoms with van der Waals surface area (Å²) >= 11 is 0. The number of carbonyl (C=O) groups is 2. The molecule has 8 heteroatoms. The summed E-state index contributed by atoms with van der Waals surface area (Å²) in [5.41, 5.74) is 1.62. The Balaban J connectivity index is 1.76. The Labute approximate surface area is 167 Å². The molecule has 0 aliphatic carbocycles. The molecule has 0 spiro atoms. The molecule has 8 nitrogen and oxygen atoms in total. The minimum atomic E-state index is -0.455. The third-order valence-corrected chi connectivity index (χ3v) is 3.90. The number of nitrogens with one attached hydrogen (secondary N) is 2. The van der Waals surface area contributed by atoms with Gasteiger partial charge in [0.2, 0.25) is 5.95 Å². The highest BCUT2D eigenvalue weighted by atomic mass is 16.5. The van der Waals surface area contributed by atoms with Crippen molar-refractivity contribution in [3.8, 4) is 5.75 Å². The number of rotatable bonds is 7. The van der Waals surface area contributed by atoms with E-state index in [0.717, 1.165) is 0 Å². The maximum Gasteiger partial charge on any atom is 0.340 e. The lowest BCUT2D eigenvalue weighted by atomic mass is 10.2. The normalized spacial score (nSPS) is 10.1. The summed E-state index contributed by atoms with van der Waals surface area (Å²) in [6, 6.07) is 15.3. The number of nitrogens with zero attached hydrogens (tertiary/aromatic N) is 2. The van der Waals surface area contributed by atoms with Gasteiger partial charge in [-0.15, -0.1) is 0 Å². The van der Waals surface area contributed by atoms with E-state index in [0.29, 0.717) is 22.7 Å². The van der Waals surface area contributed by atoms with Crippen molar-refractivity contribution in [2.45, 2.75) is 6.92 Å². The van der Waals surface area contributed by atoms with E-state index in [2.05, 4.69) is 20.6 Å². The molecule has 2 aromatic carbocycles. The fraction of sp³-hybridized carbons (Fsp3) is 0.143. The Morgan fingerprint density at radius 3 is 2.52 bits per heavy atom. The highest BCUT2D eigenvalue weighted by molar-refractivity contribution is 6.03. The van der Waals surface area contributed by atoms with Gasteiger partial charge in [0.15, 0.2) is 0 Å². The van der Waals surface area contributed by atoms with E-state index in [-0.39, 0.29) is 24.2 Å². The van der Waals surface area contributed by atoms with Gasteiger partial charge in [0, 0.05) is 11.9 Å². The van der Waals surface area contributed by atoms with Crippen molar-refractivity contribution in [1.82, 2.24) is 9.97 Å². The summed E-state index contributed by atoms with van der Waals surface area (Å²) in [5, 5.41) is 5.73. The molecule has 2 N–H and O–H groups in total. The first-order valence-electron chi connectivity index (χ1n) is 8.92. The molecule has 1 heterocycles. The van der Waals surface area contributed by atoms with Crippen molar-refractivity contribution in [3.63, 3.8) is 0 Å². The number of anilines is 3. The molecule has 0 aliphatic heterocycles. The molecule has 148 valence electrons. The predicted molar refractivity (Wildman–Crippen MR) is 109 cm³/mol. The van der Waals surface area contributed by atoms with Gasteiger partial charge in [0.1, 0.15) is 11.4 Å². The van der Waals surface area contributed by atoms with Crippen molar-refractivity contribution in [3.05, 3.63) is 72.1 Å². The van der Waals surface area contributed by atoms with Gasteiger partial charge in [-0.25, -0.2) is 14.8 Å². The number of methoxy groups -OCH3 is 1. The summed E-state index contributed by atoms with van der Waals surface area (Å²) in [4.78, 5) is 33.0. The molecule has 3 aromatic rings. The fourth-order valence-electron chi connectivity index (χ4n) is 2.51. The van der Waals surface area contributed by atoms with Crippen molar-refractivity contribution < 1.29 is 19.1 Å². The van der Waals surface area contributed by atoms with Gasteiger partial charge < -0.3 is 20.1 Å². The number of hydrogen-bond donors (Lipinski definition) is 2. The number of esters is 1. The van der Waals surface area contributed by atoms with Crippen LogP contribution in [0.3, 0.4) is 0 Å². The Morgan fingerprint density at radius 1 is 1.03 bits per heavy atom. The van der Waals surface area contributed by atoms with Gasteiger partial charge in [0.25, 0.3) is 5.91 Å². The zero-order chi connectivity index (χ0) is 20.6. The van der Waals surface area contributed by atoms with Crippen LogP contribution in [0.25, 0.3) is 0 Å².